The van der Waals surface area contributed by atoms with Gasteiger partial charge in [-0.05, 0) is 86.8 Å². The van der Waals surface area contributed by atoms with Gasteiger partial charge in [0.2, 0.25) is 0 Å². The summed E-state index contributed by atoms with van der Waals surface area (Å²) < 4.78 is 11.7. The van der Waals surface area contributed by atoms with Crippen molar-refractivity contribution in [3.8, 4) is 11.5 Å². The van der Waals surface area contributed by atoms with Crippen LogP contribution in [0.4, 0.5) is 0 Å². The van der Waals surface area contributed by atoms with Gasteiger partial charge in [0.25, 0.3) is 5.91 Å². The number of hydrogen-bond donors (Lipinski definition) is 1. The average molecular weight is 396 g/mol. The van der Waals surface area contributed by atoms with Gasteiger partial charge in [0.15, 0.2) is 6.10 Å². The van der Waals surface area contributed by atoms with E-state index in [0.29, 0.717) is 6.54 Å². The standard InChI is InChI=1S/C25H33NO3/c1-3-17-28-24-13-7-6-10-21(24)12-8-16-26-25(27)19(2)29-23-15-14-20-9-4-5-11-22(20)18-23/h6-7,10,13-15,18-19H,3-5,8-9,11-12,16-17H2,1-2H3,(H,26,27)/t19-/m1/s1. The molecule has 0 aliphatic heterocycles. The zero-order valence-electron chi connectivity index (χ0n) is 17.7. The van der Waals surface area contributed by atoms with E-state index in [4.69, 9.17) is 9.47 Å². The second-order valence-corrected chi connectivity index (χ2v) is 7.75. The Bertz CT molecular complexity index is 802. The number of fused-ring (bicyclic) bond motifs is 1. The van der Waals surface area contributed by atoms with Crippen LogP contribution in [0.15, 0.2) is 42.5 Å². The van der Waals surface area contributed by atoms with Crippen molar-refractivity contribution in [3.63, 3.8) is 0 Å². The Morgan fingerprint density at radius 3 is 2.72 bits per heavy atom. The van der Waals surface area contributed by atoms with E-state index in [-0.39, 0.29) is 5.91 Å². The molecule has 0 radical (unpaired) electrons. The van der Waals surface area contributed by atoms with Crippen molar-refractivity contribution in [2.75, 3.05) is 13.2 Å². The Balaban J connectivity index is 1.43. The maximum Gasteiger partial charge on any atom is 0.260 e. The molecule has 1 N–H and O–H groups in total. The molecule has 1 aliphatic carbocycles. The van der Waals surface area contributed by atoms with E-state index in [1.165, 1.54) is 29.5 Å². The molecule has 0 unspecified atom stereocenters. The lowest BCUT2D eigenvalue weighted by Gasteiger charge is -2.19. The molecule has 0 saturated carbocycles. The van der Waals surface area contributed by atoms with E-state index in [0.717, 1.165) is 50.2 Å². The highest BCUT2D eigenvalue weighted by Crippen LogP contribution is 2.26. The first kappa shape index (κ1) is 21.2. The average Bonchev–Trinajstić information content (AvgIpc) is 2.75. The molecule has 0 saturated heterocycles. The lowest BCUT2D eigenvalue weighted by molar-refractivity contribution is -0.127. The van der Waals surface area contributed by atoms with E-state index in [1.807, 2.05) is 31.2 Å². The zero-order chi connectivity index (χ0) is 20.5. The lowest BCUT2D eigenvalue weighted by atomic mass is 9.92. The first-order valence-electron chi connectivity index (χ1n) is 10.9. The zero-order valence-corrected chi connectivity index (χ0v) is 17.7. The molecule has 1 amide bonds. The van der Waals surface area contributed by atoms with Crippen LogP contribution in [-0.4, -0.2) is 25.2 Å². The molecule has 2 aromatic rings. The van der Waals surface area contributed by atoms with Gasteiger partial charge in [-0.25, -0.2) is 0 Å². The lowest BCUT2D eigenvalue weighted by Crippen LogP contribution is -2.37. The number of ether oxygens (including phenoxy) is 2. The van der Waals surface area contributed by atoms with Crippen LogP contribution in [0.1, 0.15) is 56.2 Å². The maximum atomic E-state index is 12.4. The Morgan fingerprint density at radius 2 is 1.90 bits per heavy atom. The van der Waals surface area contributed by atoms with Gasteiger partial charge in [-0.2, -0.15) is 0 Å². The van der Waals surface area contributed by atoms with Crippen molar-refractivity contribution in [1.29, 1.82) is 0 Å². The molecule has 1 aliphatic rings. The molecule has 0 bridgehead atoms. The summed E-state index contributed by atoms with van der Waals surface area (Å²) in [4.78, 5) is 12.4. The monoisotopic (exact) mass is 395 g/mol. The van der Waals surface area contributed by atoms with E-state index in [1.54, 1.807) is 0 Å². The van der Waals surface area contributed by atoms with E-state index >= 15 is 0 Å². The second kappa shape index (κ2) is 10.9. The molecule has 1 atom stereocenters. The number of nitrogens with one attached hydrogen (secondary N) is 1. The summed E-state index contributed by atoms with van der Waals surface area (Å²) in [6, 6.07) is 14.4. The third-order valence-corrected chi connectivity index (χ3v) is 5.36. The van der Waals surface area contributed by atoms with Gasteiger partial charge in [-0.15, -0.1) is 0 Å². The molecular weight excluding hydrogens is 362 g/mol. The topological polar surface area (TPSA) is 47.6 Å². The van der Waals surface area contributed by atoms with Crippen LogP contribution in [-0.2, 0) is 24.1 Å². The molecule has 2 aromatic carbocycles. The summed E-state index contributed by atoms with van der Waals surface area (Å²) in [7, 11) is 0. The first-order valence-corrected chi connectivity index (χ1v) is 10.9. The van der Waals surface area contributed by atoms with Gasteiger partial charge in [-0.1, -0.05) is 31.2 Å². The smallest absolute Gasteiger partial charge is 0.260 e. The number of para-hydroxylation sites is 1. The van der Waals surface area contributed by atoms with Gasteiger partial charge in [0, 0.05) is 6.54 Å². The van der Waals surface area contributed by atoms with E-state index in [9.17, 15) is 4.79 Å². The normalized spacial score (nSPS) is 14.0. The van der Waals surface area contributed by atoms with Crippen molar-refractivity contribution in [1.82, 2.24) is 5.32 Å². The van der Waals surface area contributed by atoms with Crippen molar-refractivity contribution in [2.24, 2.45) is 0 Å². The van der Waals surface area contributed by atoms with E-state index < -0.39 is 6.10 Å². The second-order valence-electron chi connectivity index (χ2n) is 7.75. The number of hydrogen-bond acceptors (Lipinski definition) is 3. The van der Waals surface area contributed by atoms with Gasteiger partial charge in [0.1, 0.15) is 11.5 Å². The number of carbonyl (C=O) groups excluding carboxylic acids is 1. The predicted molar refractivity (Wildman–Crippen MR) is 117 cm³/mol. The number of rotatable bonds is 10. The third kappa shape index (κ3) is 6.25. The van der Waals surface area contributed by atoms with Gasteiger partial charge < -0.3 is 14.8 Å². The summed E-state index contributed by atoms with van der Waals surface area (Å²) in [5, 5.41) is 2.99. The summed E-state index contributed by atoms with van der Waals surface area (Å²) in [6.45, 7) is 5.26. The van der Waals surface area contributed by atoms with Gasteiger partial charge >= 0.3 is 0 Å². The summed E-state index contributed by atoms with van der Waals surface area (Å²) in [6.07, 6.45) is 6.99. The van der Waals surface area contributed by atoms with Crippen molar-refractivity contribution in [3.05, 3.63) is 59.2 Å². The Hall–Kier alpha value is -2.49. The molecule has 3 rings (SSSR count). The number of aryl methyl sites for hydroxylation is 3. The van der Waals surface area contributed by atoms with Crippen LogP contribution in [0.2, 0.25) is 0 Å². The fourth-order valence-corrected chi connectivity index (χ4v) is 3.74. The van der Waals surface area contributed by atoms with Crippen molar-refractivity contribution < 1.29 is 14.3 Å². The fourth-order valence-electron chi connectivity index (χ4n) is 3.74. The Kier molecular flexibility index (Phi) is 7.97. The van der Waals surface area contributed by atoms with Crippen LogP contribution >= 0.6 is 0 Å². The highest BCUT2D eigenvalue weighted by atomic mass is 16.5. The molecule has 4 heteroatoms. The highest BCUT2D eigenvalue weighted by molar-refractivity contribution is 5.80. The minimum Gasteiger partial charge on any atom is -0.493 e. The quantitative estimate of drug-likeness (QED) is 0.584. The summed E-state index contributed by atoms with van der Waals surface area (Å²) >= 11 is 0. The maximum absolute atomic E-state index is 12.4. The van der Waals surface area contributed by atoms with Crippen LogP contribution in [0.3, 0.4) is 0 Å². The number of amides is 1. The van der Waals surface area contributed by atoms with Crippen LogP contribution in [0, 0.1) is 0 Å². The summed E-state index contributed by atoms with van der Waals surface area (Å²) in [5.74, 6) is 1.67. The van der Waals surface area contributed by atoms with Gasteiger partial charge in [0.05, 0.1) is 6.61 Å². The molecule has 0 spiro atoms. The molecule has 0 aromatic heterocycles. The van der Waals surface area contributed by atoms with Crippen LogP contribution in [0.5, 0.6) is 11.5 Å². The summed E-state index contributed by atoms with van der Waals surface area (Å²) in [5.41, 5.74) is 3.97. The molecular formula is C25H33NO3. The van der Waals surface area contributed by atoms with Crippen LogP contribution in [0.25, 0.3) is 0 Å². The third-order valence-electron chi connectivity index (χ3n) is 5.36. The molecule has 4 nitrogen and oxygen atoms in total. The Morgan fingerprint density at radius 1 is 1.10 bits per heavy atom. The highest BCUT2D eigenvalue weighted by Gasteiger charge is 2.16. The minimum atomic E-state index is -0.503. The molecule has 156 valence electrons. The molecule has 0 fully saturated rings. The number of benzene rings is 2. The van der Waals surface area contributed by atoms with Gasteiger partial charge in [-0.3, -0.25) is 4.79 Å². The van der Waals surface area contributed by atoms with Crippen molar-refractivity contribution >= 4 is 5.91 Å². The fraction of sp³-hybridized carbons (Fsp3) is 0.480. The Labute approximate surface area is 174 Å². The molecule has 29 heavy (non-hydrogen) atoms. The number of carbonyl (C=O) groups is 1. The van der Waals surface area contributed by atoms with Crippen LogP contribution < -0.4 is 14.8 Å². The SMILES string of the molecule is CCCOc1ccccc1CCCNC(=O)[C@@H](C)Oc1ccc2c(c1)CCCC2. The molecule has 0 heterocycles. The first-order chi connectivity index (χ1) is 14.2. The van der Waals surface area contributed by atoms with E-state index in [2.05, 4.69) is 30.4 Å². The minimum absolute atomic E-state index is 0.0711. The largest absolute Gasteiger partial charge is 0.493 e. The van der Waals surface area contributed by atoms with Crippen molar-refractivity contribution in [2.45, 2.75) is 64.9 Å². The predicted octanol–water partition coefficient (Wildman–Crippen LogP) is 4.87.